The van der Waals surface area contributed by atoms with E-state index in [4.69, 9.17) is 0 Å². The molecule has 3 aromatic carbocycles. The molecule has 3 nitrogen and oxygen atoms in total. The van der Waals surface area contributed by atoms with Gasteiger partial charge in [0.15, 0.2) is 0 Å². The highest BCUT2D eigenvalue weighted by molar-refractivity contribution is 6.07. The highest BCUT2D eigenvalue weighted by Crippen LogP contribution is 2.31. The number of amides is 1. The Morgan fingerprint density at radius 2 is 1.69 bits per heavy atom. The van der Waals surface area contributed by atoms with Crippen LogP contribution in [-0.2, 0) is 6.42 Å². The maximum atomic E-state index is 13.1. The topological polar surface area (TPSA) is 23.6 Å². The Balaban J connectivity index is 1.50. The van der Waals surface area contributed by atoms with Crippen LogP contribution in [0.5, 0.6) is 0 Å². The van der Waals surface area contributed by atoms with Crippen molar-refractivity contribution in [2.45, 2.75) is 6.42 Å². The Kier molecular flexibility index (Phi) is 5.59. The Hall–Kier alpha value is -3.17. The molecule has 0 saturated heterocycles. The molecule has 0 bridgehead atoms. The van der Waals surface area contributed by atoms with Crippen molar-refractivity contribution in [2.75, 3.05) is 32.1 Å². The highest BCUT2D eigenvalue weighted by atomic mass is 16.2. The lowest BCUT2D eigenvalue weighted by molar-refractivity contribution is 0.0989. The molecule has 0 atom stereocenters. The number of likely N-dealkylation sites (N-methyl/N-ethyl adjacent to an activating group) is 1. The summed E-state index contributed by atoms with van der Waals surface area (Å²) in [4.78, 5) is 17.1. The Bertz CT molecular complexity index is 1020. The Labute approximate surface area is 172 Å². The van der Waals surface area contributed by atoms with E-state index in [0.29, 0.717) is 0 Å². The minimum absolute atomic E-state index is 0.0688. The number of carbonyl (C=O) groups is 1. The van der Waals surface area contributed by atoms with Gasteiger partial charge in [0.1, 0.15) is 0 Å². The summed E-state index contributed by atoms with van der Waals surface area (Å²) in [5, 5.41) is 0. The fourth-order valence-electron chi connectivity index (χ4n) is 3.73. The molecule has 0 unspecified atom stereocenters. The maximum Gasteiger partial charge on any atom is 0.258 e. The first kappa shape index (κ1) is 19.2. The summed E-state index contributed by atoms with van der Waals surface area (Å²) in [6.07, 6.45) is 5.21. The van der Waals surface area contributed by atoms with E-state index < -0.39 is 0 Å². The summed E-state index contributed by atoms with van der Waals surface area (Å²) in [6.45, 7) is 1.65. The first-order chi connectivity index (χ1) is 14.1. The number of anilines is 1. The molecule has 0 N–H and O–H groups in total. The molecular formula is C26H26N2O. The van der Waals surface area contributed by atoms with Gasteiger partial charge in [-0.05, 0) is 67.0 Å². The standard InChI is InChI=1S/C26H26N2O/c1-27(2)17-6-7-20-10-15-25-24(19-20)16-18-28(25)26(29)23-13-11-22(12-14-23)21-8-4-3-5-9-21/h3-15,19H,16-18H2,1-2H3/b7-6+. The van der Waals surface area contributed by atoms with Gasteiger partial charge in [-0.3, -0.25) is 4.79 Å². The summed E-state index contributed by atoms with van der Waals surface area (Å²) in [6, 6.07) is 24.5. The molecule has 0 aliphatic carbocycles. The molecule has 1 heterocycles. The van der Waals surface area contributed by atoms with E-state index in [9.17, 15) is 4.79 Å². The molecule has 0 radical (unpaired) electrons. The molecule has 3 aromatic rings. The van der Waals surface area contributed by atoms with E-state index in [-0.39, 0.29) is 5.91 Å². The SMILES string of the molecule is CN(C)C/C=C/c1ccc2c(c1)CCN2C(=O)c1ccc(-c2ccccc2)cc1. The average molecular weight is 383 g/mol. The predicted octanol–water partition coefficient (Wildman–Crippen LogP) is 5.13. The number of benzene rings is 3. The van der Waals surface area contributed by atoms with Crippen molar-refractivity contribution in [3.8, 4) is 11.1 Å². The first-order valence-corrected chi connectivity index (χ1v) is 10.0. The van der Waals surface area contributed by atoms with Crippen LogP contribution >= 0.6 is 0 Å². The Morgan fingerprint density at radius 1 is 0.966 bits per heavy atom. The number of rotatable bonds is 5. The minimum atomic E-state index is 0.0688. The Morgan fingerprint density at radius 3 is 2.41 bits per heavy atom. The van der Waals surface area contributed by atoms with Gasteiger partial charge in [0, 0.05) is 24.3 Å². The minimum Gasteiger partial charge on any atom is -0.308 e. The molecule has 0 aromatic heterocycles. The largest absolute Gasteiger partial charge is 0.308 e. The number of fused-ring (bicyclic) bond motifs is 1. The summed E-state index contributed by atoms with van der Waals surface area (Å²) in [5.41, 5.74) is 6.48. The maximum absolute atomic E-state index is 13.1. The van der Waals surface area contributed by atoms with Crippen LogP contribution in [0.4, 0.5) is 5.69 Å². The highest BCUT2D eigenvalue weighted by Gasteiger charge is 2.25. The molecule has 0 spiro atoms. The smallest absolute Gasteiger partial charge is 0.258 e. The average Bonchev–Trinajstić information content (AvgIpc) is 3.17. The van der Waals surface area contributed by atoms with Crippen LogP contribution in [0, 0.1) is 0 Å². The molecule has 29 heavy (non-hydrogen) atoms. The van der Waals surface area contributed by atoms with Crippen molar-refractivity contribution in [1.29, 1.82) is 0 Å². The van der Waals surface area contributed by atoms with E-state index in [1.807, 2.05) is 47.4 Å². The van der Waals surface area contributed by atoms with Crippen molar-refractivity contribution in [1.82, 2.24) is 4.90 Å². The van der Waals surface area contributed by atoms with Crippen LogP contribution in [0.15, 0.2) is 78.9 Å². The number of carbonyl (C=O) groups excluding carboxylic acids is 1. The molecular weight excluding hydrogens is 356 g/mol. The zero-order chi connectivity index (χ0) is 20.2. The second kappa shape index (κ2) is 8.46. The number of hydrogen-bond donors (Lipinski definition) is 0. The predicted molar refractivity (Wildman–Crippen MR) is 121 cm³/mol. The monoisotopic (exact) mass is 382 g/mol. The third-order valence-electron chi connectivity index (χ3n) is 5.26. The fourth-order valence-corrected chi connectivity index (χ4v) is 3.73. The zero-order valence-corrected chi connectivity index (χ0v) is 17.0. The quantitative estimate of drug-likeness (QED) is 0.611. The molecule has 1 amide bonds. The van der Waals surface area contributed by atoms with Crippen LogP contribution in [0.25, 0.3) is 17.2 Å². The lowest BCUT2D eigenvalue weighted by atomic mass is 10.0. The van der Waals surface area contributed by atoms with Gasteiger partial charge in [-0.15, -0.1) is 0 Å². The van der Waals surface area contributed by atoms with Gasteiger partial charge in [0.05, 0.1) is 0 Å². The van der Waals surface area contributed by atoms with E-state index in [0.717, 1.165) is 41.9 Å². The van der Waals surface area contributed by atoms with Gasteiger partial charge in [-0.2, -0.15) is 0 Å². The molecule has 3 heteroatoms. The third-order valence-corrected chi connectivity index (χ3v) is 5.26. The summed E-state index contributed by atoms with van der Waals surface area (Å²) in [7, 11) is 4.12. The van der Waals surface area contributed by atoms with Crippen molar-refractivity contribution in [3.63, 3.8) is 0 Å². The molecule has 1 aliphatic heterocycles. The molecule has 146 valence electrons. The van der Waals surface area contributed by atoms with E-state index in [1.165, 1.54) is 11.1 Å². The van der Waals surface area contributed by atoms with Gasteiger partial charge in [-0.25, -0.2) is 0 Å². The van der Waals surface area contributed by atoms with Crippen molar-refractivity contribution in [3.05, 3.63) is 95.6 Å². The van der Waals surface area contributed by atoms with Crippen LogP contribution in [0.1, 0.15) is 21.5 Å². The van der Waals surface area contributed by atoms with Gasteiger partial charge >= 0.3 is 0 Å². The van der Waals surface area contributed by atoms with Crippen LogP contribution < -0.4 is 4.90 Å². The normalized spacial score (nSPS) is 13.3. The van der Waals surface area contributed by atoms with Crippen LogP contribution in [-0.4, -0.2) is 38.0 Å². The summed E-state index contributed by atoms with van der Waals surface area (Å²) >= 11 is 0. The van der Waals surface area contributed by atoms with Gasteiger partial charge in [0.2, 0.25) is 0 Å². The van der Waals surface area contributed by atoms with E-state index >= 15 is 0 Å². The summed E-state index contributed by atoms with van der Waals surface area (Å²) < 4.78 is 0. The van der Waals surface area contributed by atoms with E-state index in [2.05, 4.69) is 61.5 Å². The first-order valence-electron chi connectivity index (χ1n) is 10.0. The van der Waals surface area contributed by atoms with Crippen molar-refractivity contribution >= 4 is 17.7 Å². The lowest BCUT2D eigenvalue weighted by Gasteiger charge is -2.18. The lowest BCUT2D eigenvalue weighted by Crippen LogP contribution is -2.28. The van der Waals surface area contributed by atoms with Gasteiger partial charge < -0.3 is 9.80 Å². The van der Waals surface area contributed by atoms with Crippen molar-refractivity contribution in [2.24, 2.45) is 0 Å². The molecule has 0 fully saturated rings. The molecule has 1 aliphatic rings. The van der Waals surface area contributed by atoms with Gasteiger partial charge in [-0.1, -0.05) is 60.7 Å². The number of nitrogens with zero attached hydrogens (tertiary/aromatic N) is 2. The fraction of sp³-hybridized carbons (Fsp3) is 0.192. The van der Waals surface area contributed by atoms with E-state index in [1.54, 1.807) is 0 Å². The number of hydrogen-bond acceptors (Lipinski definition) is 2. The van der Waals surface area contributed by atoms with Crippen LogP contribution in [0.2, 0.25) is 0 Å². The summed E-state index contributed by atoms with van der Waals surface area (Å²) in [5.74, 6) is 0.0688. The molecule has 4 rings (SSSR count). The third kappa shape index (κ3) is 4.30. The van der Waals surface area contributed by atoms with Gasteiger partial charge in [0.25, 0.3) is 5.91 Å². The second-order valence-electron chi connectivity index (χ2n) is 7.70. The second-order valence-corrected chi connectivity index (χ2v) is 7.70. The molecule has 0 saturated carbocycles. The van der Waals surface area contributed by atoms with Crippen LogP contribution in [0.3, 0.4) is 0 Å². The zero-order valence-electron chi connectivity index (χ0n) is 17.0. The van der Waals surface area contributed by atoms with Crippen molar-refractivity contribution < 1.29 is 4.79 Å².